The SMILES string of the molecule is COc1ccc(NC(=O)N2C(C(=O)OCC(C)C)CSC2c2ccoc2)c(OC)c1. The number of thioether (sulfide) groups is 1. The predicted octanol–water partition coefficient (Wildman–Crippen LogP) is 4.14. The van der Waals surface area contributed by atoms with E-state index in [1.807, 2.05) is 13.8 Å². The number of methoxy groups -OCH3 is 2. The van der Waals surface area contributed by atoms with E-state index in [4.69, 9.17) is 18.6 Å². The van der Waals surface area contributed by atoms with Crippen molar-refractivity contribution in [1.29, 1.82) is 0 Å². The molecule has 1 aliphatic heterocycles. The molecule has 30 heavy (non-hydrogen) atoms. The number of urea groups is 1. The number of carbonyl (C=O) groups excluding carboxylic acids is 2. The molecule has 2 unspecified atom stereocenters. The standard InChI is InChI=1S/C21H26N2O6S/c1-13(2)10-29-20(24)17-12-30-19(14-7-8-28-11-14)23(17)21(25)22-16-6-5-15(26-3)9-18(16)27-4/h5-9,11,13,17,19H,10,12H2,1-4H3,(H,22,25). The van der Waals surface area contributed by atoms with E-state index in [-0.39, 0.29) is 11.3 Å². The van der Waals surface area contributed by atoms with Crippen LogP contribution in [0.1, 0.15) is 24.8 Å². The average Bonchev–Trinajstić information content (AvgIpc) is 3.41. The summed E-state index contributed by atoms with van der Waals surface area (Å²) in [5.74, 6) is 1.28. The fourth-order valence-electron chi connectivity index (χ4n) is 3.03. The zero-order chi connectivity index (χ0) is 21.7. The predicted molar refractivity (Wildman–Crippen MR) is 114 cm³/mol. The van der Waals surface area contributed by atoms with Crippen LogP contribution in [0.4, 0.5) is 10.5 Å². The van der Waals surface area contributed by atoms with E-state index in [1.54, 1.807) is 43.9 Å². The van der Waals surface area contributed by atoms with Crippen LogP contribution in [0.25, 0.3) is 0 Å². The number of esters is 1. The van der Waals surface area contributed by atoms with Crippen LogP contribution in [0.3, 0.4) is 0 Å². The molecule has 2 amide bonds. The highest BCUT2D eigenvalue weighted by molar-refractivity contribution is 7.99. The number of furan rings is 1. The van der Waals surface area contributed by atoms with Gasteiger partial charge in [-0.15, -0.1) is 11.8 Å². The van der Waals surface area contributed by atoms with Gasteiger partial charge in [-0.05, 0) is 24.1 Å². The smallest absolute Gasteiger partial charge is 0.329 e. The Balaban J connectivity index is 1.84. The van der Waals surface area contributed by atoms with Gasteiger partial charge in [0.05, 0.1) is 39.0 Å². The van der Waals surface area contributed by atoms with Gasteiger partial charge in [0.1, 0.15) is 22.9 Å². The molecular weight excluding hydrogens is 408 g/mol. The van der Waals surface area contributed by atoms with Crippen molar-refractivity contribution in [1.82, 2.24) is 4.90 Å². The third kappa shape index (κ3) is 4.84. The number of hydrogen-bond donors (Lipinski definition) is 1. The highest BCUT2D eigenvalue weighted by Crippen LogP contribution is 2.42. The van der Waals surface area contributed by atoms with Crippen LogP contribution in [0.2, 0.25) is 0 Å². The maximum absolute atomic E-state index is 13.3. The number of hydrogen-bond acceptors (Lipinski definition) is 7. The van der Waals surface area contributed by atoms with E-state index in [2.05, 4.69) is 5.32 Å². The lowest BCUT2D eigenvalue weighted by atomic mass is 10.2. The van der Waals surface area contributed by atoms with Crippen LogP contribution in [0.5, 0.6) is 11.5 Å². The summed E-state index contributed by atoms with van der Waals surface area (Å²) in [6.07, 6.45) is 3.12. The first-order chi connectivity index (χ1) is 14.4. The minimum atomic E-state index is -0.710. The maximum Gasteiger partial charge on any atom is 0.329 e. The summed E-state index contributed by atoms with van der Waals surface area (Å²) in [5.41, 5.74) is 1.27. The fraction of sp³-hybridized carbons (Fsp3) is 0.429. The first-order valence-corrected chi connectivity index (χ1v) is 10.6. The number of nitrogens with zero attached hydrogens (tertiary/aromatic N) is 1. The lowest BCUT2D eigenvalue weighted by Gasteiger charge is -2.28. The molecule has 2 heterocycles. The van der Waals surface area contributed by atoms with E-state index in [9.17, 15) is 9.59 Å². The Morgan fingerprint density at radius 3 is 2.70 bits per heavy atom. The molecule has 8 nitrogen and oxygen atoms in total. The van der Waals surface area contributed by atoms with Gasteiger partial charge in [0.2, 0.25) is 0 Å². The minimum Gasteiger partial charge on any atom is -0.497 e. The summed E-state index contributed by atoms with van der Waals surface area (Å²) < 4.78 is 21.2. The zero-order valence-corrected chi connectivity index (χ0v) is 18.2. The van der Waals surface area contributed by atoms with Crippen LogP contribution in [0, 0.1) is 5.92 Å². The lowest BCUT2D eigenvalue weighted by Crippen LogP contribution is -2.46. The van der Waals surface area contributed by atoms with Crippen LogP contribution < -0.4 is 14.8 Å². The number of nitrogens with one attached hydrogen (secondary N) is 1. The van der Waals surface area contributed by atoms with Crippen molar-refractivity contribution < 1.29 is 28.2 Å². The number of carbonyl (C=O) groups is 2. The molecule has 1 aliphatic rings. The molecule has 3 rings (SSSR count). The molecule has 1 fully saturated rings. The fourth-order valence-corrected chi connectivity index (χ4v) is 4.43. The molecule has 2 atom stereocenters. The Hall–Kier alpha value is -2.81. The second-order valence-electron chi connectivity index (χ2n) is 7.19. The van der Waals surface area contributed by atoms with Gasteiger partial charge in [-0.25, -0.2) is 9.59 Å². The van der Waals surface area contributed by atoms with Gasteiger partial charge in [0, 0.05) is 17.4 Å². The third-order valence-electron chi connectivity index (χ3n) is 4.54. The van der Waals surface area contributed by atoms with Crippen LogP contribution in [0.15, 0.2) is 41.2 Å². The lowest BCUT2D eigenvalue weighted by molar-refractivity contribution is -0.149. The van der Waals surface area contributed by atoms with E-state index >= 15 is 0 Å². The van der Waals surface area contributed by atoms with Gasteiger partial charge >= 0.3 is 12.0 Å². The molecule has 0 radical (unpaired) electrons. The molecule has 0 spiro atoms. The van der Waals surface area contributed by atoms with Gasteiger partial charge in [0.25, 0.3) is 0 Å². The second-order valence-corrected chi connectivity index (χ2v) is 8.30. The Bertz CT molecular complexity index is 870. The van der Waals surface area contributed by atoms with Crippen molar-refractivity contribution in [2.45, 2.75) is 25.3 Å². The number of rotatable bonds is 7. The third-order valence-corrected chi connectivity index (χ3v) is 5.87. The molecule has 0 aliphatic carbocycles. The first-order valence-electron chi connectivity index (χ1n) is 9.56. The minimum absolute atomic E-state index is 0.207. The molecule has 0 bridgehead atoms. The largest absolute Gasteiger partial charge is 0.497 e. The topological polar surface area (TPSA) is 90.2 Å². The normalized spacial score (nSPS) is 18.4. The molecule has 0 saturated carbocycles. The van der Waals surface area contributed by atoms with Crippen molar-refractivity contribution in [2.24, 2.45) is 5.92 Å². The van der Waals surface area contributed by atoms with Crippen molar-refractivity contribution in [3.8, 4) is 11.5 Å². The van der Waals surface area contributed by atoms with E-state index in [0.717, 1.165) is 5.56 Å². The molecule has 1 N–H and O–H groups in total. The highest BCUT2D eigenvalue weighted by Gasteiger charge is 2.44. The Kier molecular flexibility index (Phi) is 7.15. The van der Waals surface area contributed by atoms with Crippen molar-refractivity contribution in [3.63, 3.8) is 0 Å². The molecule has 9 heteroatoms. The van der Waals surface area contributed by atoms with Gasteiger partial charge in [-0.2, -0.15) is 0 Å². The summed E-state index contributed by atoms with van der Waals surface area (Å²) in [6, 6.07) is 5.74. The number of anilines is 1. The molecule has 1 aromatic carbocycles. The van der Waals surface area contributed by atoms with Gasteiger partial charge < -0.3 is 23.9 Å². The first kappa shape index (κ1) is 21.9. The zero-order valence-electron chi connectivity index (χ0n) is 17.4. The van der Waals surface area contributed by atoms with E-state index in [1.165, 1.54) is 23.8 Å². The Labute approximate surface area is 179 Å². The van der Waals surface area contributed by atoms with Crippen molar-refractivity contribution >= 4 is 29.4 Å². The van der Waals surface area contributed by atoms with Crippen LogP contribution in [-0.2, 0) is 9.53 Å². The molecule has 162 valence electrons. The summed E-state index contributed by atoms with van der Waals surface area (Å²) in [7, 11) is 3.06. The van der Waals surface area contributed by atoms with Gasteiger partial charge in [0.15, 0.2) is 0 Å². The molecule has 1 aromatic heterocycles. The molecule has 2 aromatic rings. The summed E-state index contributed by atoms with van der Waals surface area (Å²) >= 11 is 1.49. The number of ether oxygens (including phenoxy) is 3. The summed E-state index contributed by atoms with van der Waals surface area (Å²) in [5, 5.41) is 2.48. The molecule has 1 saturated heterocycles. The van der Waals surface area contributed by atoms with Crippen LogP contribution >= 0.6 is 11.8 Å². The Morgan fingerprint density at radius 1 is 1.27 bits per heavy atom. The Morgan fingerprint density at radius 2 is 2.07 bits per heavy atom. The molecular formula is C21H26N2O6S. The van der Waals surface area contributed by atoms with Crippen molar-refractivity contribution in [2.75, 3.05) is 31.9 Å². The van der Waals surface area contributed by atoms with E-state index < -0.39 is 18.0 Å². The monoisotopic (exact) mass is 434 g/mol. The highest BCUT2D eigenvalue weighted by atomic mass is 32.2. The maximum atomic E-state index is 13.3. The van der Waals surface area contributed by atoms with Gasteiger partial charge in [-0.3, -0.25) is 4.90 Å². The van der Waals surface area contributed by atoms with Gasteiger partial charge in [-0.1, -0.05) is 13.8 Å². The average molecular weight is 435 g/mol. The summed E-state index contributed by atoms with van der Waals surface area (Å²) in [6.45, 7) is 4.23. The number of amides is 2. The van der Waals surface area contributed by atoms with E-state index in [0.29, 0.717) is 29.5 Å². The quantitative estimate of drug-likeness (QED) is 0.655. The van der Waals surface area contributed by atoms with Crippen LogP contribution in [-0.4, -0.2) is 49.5 Å². The summed E-state index contributed by atoms with van der Waals surface area (Å²) in [4.78, 5) is 27.5. The number of benzene rings is 1. The van der Waals surface area contributed by atoms with Crippen molar-refractivity contribution in [3.05, 3.63) is 42.4 Å². The second kappa shape index (κ2) is 9.80.